The predicted molar refractivity (Wildman–Crippen MR) is 98.1 cm³/mol. The van der Waals surface area contributed by atoms with Gasteiger partial charge in [0.25, 0.3) is 11.2 Å². The van der Waals surface area contributed by atoms with Gasteiger partial charge in [0, 0.05) is 29.8 Å². The Kier molecular flexibility index (Phi) is 3.62. The summed E-state index contributed by atoms with van der Waals surface area (Å²) in [7, 11) is 0. The molecule has 0 unspecified atom stereocenters. The fraction of sp³-hybridized carbons (Fsp3) is 0.0526. The van der Waals surface area contributed by atoms with Crippen LogP contribution in [-0.2, 0) is 0 Å². The summed E-state index contributed by atoms with van der Waals surface area (Å²) in [5, 5.41) is 13.8. The van der Waals surface area contributed by atoms with Gasteiger partial charge in [-0.05, 0) is 24.6 Å². The van der Waals surface area contributed by atoms with Crippen LogP contribution >= 0.6 is 0 Å². The first kappa shape index (κ1) is 15.8. The molecule has 0 atom stereocenters. The highest BCUT2D eigenvalue weighted by atomic mass is 16.6. The first-order chi connectivity index (χ1) is 12.5. The van der Waals surface area contributed by atoms with Crippen molar-refractivity contribution in [3.05, 3.63) is 86.7 Å². The number of fused-ring (bicyclic) bond motifs is 1. The molecule has 128 valence electrons. The van der Waals surface area contributed by atoms with Gasteiger partial charge in [0.15, 0.2) is 5.65 Å². The molecule has 0 aliphatic rings. The van der Waals surface area contributed by atoms with Crippen LogP contribution in [0.25, 0.3) is 28.2 Å². The number of hydrogen-bond donors (Lipinski definition) is 1. The molecule has 0 spiro atoms. The molecule has 1 N–H and O–H groups in total. The molecule has 0 bridgehead atoms. The summed E-state index contributed by atoms with van der Waals surface area (Å²) in [5.74, 6) is 0. The van der Waals surface area contributed by atoms with E-state index in [-0.39, 0.29) is 11.2 Å². The largest absolute Gasteiger partial charge is 0.289 e. The highest BCUT2D eigenvalue weighted by molar-refractivity contribution is 5.67. The van der Waals surface area contributed by atoms with Crippen LogP contribution in [0.3, 0.4) is 0 Å². The molecule has 4 aromatic rings. The summed E-state index contributed by atoms with van der Waals surface area (Å²) >= 11 is 0. The Bertz CT molecular complexity index is 1170. The van der Waals surface area contributed by atoms with Crippen LogP contribution in [0.4, 0.5) is 5.69 Å². The van der Waals surface area contributed by atoms with Crippen molar-refractivity contribution in [2.45, 2.75) is 6.92 Å². The molecule has 4 rings (SSSR count). The van der Waals surface area contributed by atoms with E-state index in [1.807, 2.05) is 31.2 Å². The molecule has 2 aromatic carbocycles. The van der Waals surface area contributed by atoms with Crippen molar-refractivity contribution >= 4 is 11.3 Å². The number of aromatic amines is 1. The first-order valence-corrected chi connectivity index (χ1v) is 7.96. The average molecular weight is 346 g/mol. The maximum Gasteiger partial charge on any atom is 0.273 e. The van der Waals surface area contributed by atoms with Gasteiger partial charge in [0.1, 0.15) is 0 Å². The van der Waals surface area contributed by atoms with Crippen molar-refractivity contribution in [1.82, 2.24) is 14.6 Å². The summed E-state index contributed by atoms with van der Waals surface area (Å²) in [5.41, 5.74) is 4.25. The molecule has 0 aliphatic heterocycles. The second-order valence-electron chi connectivity index (χ2n) is 6.01. The maximum atomic E-state index is 12.4. The summed E-state index contributed by atoms with van der Waals surface area (Å²) in [6.07, 6.45) is 0. The molecule has 0 saturated carbocycles. The zero-order valence-corrected chi connectivity index (χ0v) is 13.8. The van der Waals surface area contributed by atoms with Crippen LogP contribution in [0.5, 0.6) is 0 Å². The molecule has 2 heterocycles. The Morgan fingerprint density at radius 2 is 1.65 bits per heavy atom. The number of nitrogens with zero attached hydrogens (tertiary/aromatic N) is 3. The van der Waals surface area contributed by atoms with E-state index in [1.54, 1.807) is 18.2 Å². The van der Waals surface area contributed by atoms with Crippen LogP contribution in [0, 0.1) is 17.0 Å². The zero-order chi connectivity index (χ0) is 18.3. The van der Waals surface area contributed by atoms with Gasteiger partial charge < -0.3 is 0 Å². The number of H-pyrrole nitrogens is 1. The van der Waals surface area contributed by atoms with Gasteiger partial charge in [-0.1, -0.05) is 29.8 Å². The van der Waals surface area contributed by atoms with Gasteiger partial charge in [-0.15, -0.1) is 0 Å². The Labute approximate surface area is 147 Å². The zero-order valence-electron chi connectivity index (χ0n) is 13.8. The highest BCUT2D eigenvalue weighted by Gasteiger charge is 2.11. The van der Waals surface area contributed by atoms with Crippen LogP contribution < -0.4 is 5.56 Å². The summed E-state index contributed by atoms with van der Waals surface area (Å²) in [6.45, 7) is 2.01. The summed E-state index contributed by atoms with van der Waals surface area (Å²) in [6, 6.07) is 17.1. The molecule has 0 fully saturated rings. The standard InChI is InChI=1S/C19H14N4O3/c1-12-2-4-14(5-3-12)17-10-18-20-16(11-19(24)22(18)21-17)13-6-8-15(9-7-13)23(25)26/h2-11,21H,1H3. The van der Waals surface area contributed by atoms with E-state index < -0.39 is 4.92 Å². The van der Waals surface area contributed by atoms with Crippen molar-refractivity contribution in [2.24, 2.45) is 0 Å². The van der Waals surface area contributed by atoms with E-state index in [0.717, 1.165) is 16.8 Å². The van der Waals surface area contributed by atoms with Crippen LogP contribution in [-0.4, -0.2) is 19.5 Å². The second-order valence-corrected chi connectivity index (χ2v) is 6.01. The van der Waals surface area contributed by atoms with Crippen molar-refractivity contribution in [1.29, 1.82) is 0 Å². The third-order valence-corrected chi connectivity index (χ3v) is 4.19. The Morgan fingerprint density at radius 3 is 2.31 bits per heavy atom. The van der Waals surface area contributed by atoms with E-state index in [2.05, 4.69) is 10.1 Å². The quantitative estimate of drug-likeness (QED) is 0.453. The highest BCUT2D eigenvalue weighted by Crippen LogP contribution is 2.22. The van der Waals surface area contributed by atoms with E-state index in [9.17, 15) is 14.9 Å². The van der Waals surface area contributed by atoms with Gasteiger partial charge in [-0.25, -0.2) is 9.50 Å². The summed E-state index contributed by atoms with van der Waals surface area (Å²) in [4.78, 5) is 27.2. The molecular weight excluding hydrogens is 332 g/mol. The molecule has 0 saturated heterocycles. The van der Waals surface area contributed by atoms with Crippen LogP contribution in [0.1, 0.15) is 5.56 Å². The number of hydrogen-bond acceptors (Lipinski definition) is 4. The first-order valence-electron chi connectivity index (χ1n) is 7.96. The minimum atomic E-state index is -0.463. The van der Waals surface area contributed by atoms with Gasteiger partial charge in [0.05, 0.1) is 16.3 Å². The van der Waals surface area contributed by atoms with Crippen molar-refractivity contribution < 1.29 is 4.92 Å². The normalized spacial score (nSPS) is 11.0. The molecule has 0 amide bonds. The third-order valence-electron chi connectivity index (χ3n) is 4.19. The SMILES string of the molecule is Cc1ccc(-c2cc3nc(-c4ccc([N+](=O)[O-])cc4)cc(=O)n3[nH]2)cc1. The van der Waals surface area contributed by atoms with Crippen LogP contribution in [0.15, 0.2) is 65.5 Å². The lowest BCUT2D eigenvalue weighted by molar-refractivity contribution is -0.384. The number of aryl methyl sites for hydroxylation is 1. The number of nitro groups is 1. The predicted octanol–water partition coefficient (Wildman–Crippen LogP) is 3.57. The number of nitro benzene ring substituents is 1. The van der Waals surface area contributed by atoms with Crippen molar-refractivity contribution in [2.75, 3.05) is 0 Å². The maximum absolute atomic E-state index is 12.4. The lowest BCUT2D eigenvalue weighted by Gasteiger charge is -2.01. The number of non-ortho nitro benzene ring substituents is 1. The lowest BCUT2D eigenvalue weighted by atomic mass is 10.1. The van der Waals surface area contributed by atoms with Crippen LogP contribution in [0.2, 0.25) is 0 Å². The number of rotatable bonds is 3. The Balaban J connectivity index is 1.80. The molecule has 0 radical (unpaired) electrons. The van der Waals surface area contributed by atoms with Crippen molar-refractivity contribution in [3.63, 3.8) is 0 Å². The van der Waals surface area contributed by atoms with Gasteiger partial charge in [0.2, 0.25) is 0 Å². The van der Waals surface area contributed by atoms with Gasteiger partial charge in [-0.3, -0.25) is 20.0 Å². The van der Waals surface area contributed by atoms with Gasteiger partial charge in [-0.2, -0.15) is 0 Å². The minimum Gasteiger partial charge on any atom is -0.289 e. The van der Waals surface area contributed by atoms with E-state index in [4.69, 9.17) is 0 Å². The topological polar surface area (TPSA) is 93.3 Å². The van der Waals surface area contributed by atoms with E-state index >= 15 is 0 Å². The summed E-state index contributed by atoms with van der Waals surface area (Å²) < 4.78 is 1.38. The molecule has 26 heavy (non-hydrogen) atoms. The molecular formula is C19H14N4O3. The molecule has 2 aromatic heterocycles. The van der Waals surface area contributed by atoms with Gasteiger partial charge >= 0.3 is 0 Å². The smallest absolute Gasteiger partial charge is 0.273 e. The molecule has 7 nitrogen and oxygen atoms in total. The van der Waals surface area contributed by atoms with E-state index in [0.29, 0.717) is 16.9 Å². The Hall–Kier alpha value is -3.74. The molecule has 7 heteroatoms. The Morgan fingerprint density at radius 1 is 1.00 bits per heavy atom. The third kappa shape index (κ3) is 2.75. The molecule has 0 aliphatic carbocycles. The van der Waals surface area contributed by atoms with E-state index in [1.165, 1.54) is 22.7 Å². The fourth-order valence-corrected chi connectivity index (χ4v) is 2.77. The average Bonchev–Trinajstić information content (AvgIpc) is 3.07. The fourth-order valence-electron chi connectivity index (χ4n) is 2.77. The second kappa shape index (κ2) is 5.96. The monoisotopic (exact) mass is 346 g/mol. The van der Waals surface area contributed by atoms with Crippen molar-refractivity contribution in [3.8, 4) is 22.5 Å². The lowest BCUT2D eigenvalue weighted by Crippen LogP contribution is -2.14. The minimum absolute atomic E-state index is 0.00477. The number of aromatic nitrogens is 3. The number of nitrogens with one attached hydrogen (secondary N) is 1. The number of benzene rings is 2.